The van der Waals surface area contributed by atoms with Crippen LogP contribution >= 0.6 is 12.4 Å². The van der Waals surface area contributed by atoms with E-state index in [-0.39, 0.29) is 35.5 Å². The normalized spacial score (nSPS) is 14.7. The zero-order valence-corrected chi connectivity index (χ0v) is 15.8. The predicted octanol–water partition coefficient (Wildman–Crippen LogP) is 2.63. The summed E-state index contributed by atoms with van der Waals surface area (Å²) in [5, 5.41) is 13.9. The van der Waals surface area contributed by atoms with Crippen molar-refractivity contribution in [1.82, 2.24) is 20.1 Å². The number of fused-ring (bicyclic) bond motifs is 1. The van der Waals surface area contributed by atoms with Gasteiger partial charge in [0.15, 0.2) is 0 Å². The van der Waals surface area contributed by atoms with Crippen molar-refractivity contribution in [2.45, 2.75) is 25.8 Å². The molecule has 0 bridgehead atoms. The van der Waals surface area contributed by atoms with Gasteiger partial charge in [-0.05, 0) is 62.7 Å². The molecule has 27 heavy (non-hydrogen) atoms. The Labute approximate surface area is 162 Å². The summed E-state index contributed by atoms with van der Waals surface area (Å²) in [5.41, 5.74) is 2.20. The SMILES string of the molecule is Cc1ccn(C2CCNCC2)c(=O)c1C(=O)Nc1ccc2[nH]ncc2c1.Cl. The van der Waals surface area contributed by atoms with Crippen LogP contribution in [0.1, 0.15) is 34.8 Å². The predicted molar refractivity (Wildman–Crippen MR) is 108 cm³/mol. The number of piperidine rings is 1. The molecule has 0 saturated carbocycles. The highest BCUT2D eigenvalue weighted by molar-refractivity contribution is 6.05. The number of rotatable bonds is 3. The summed E-state index contributed by atoms with van der Waals surface area (Å²) >= 11 is 0. The number of carbonyl (C=O) groups is 1. The number of aromatic nitrogens is 3. The summed E-state index contributed by atoms with van der Waals surface area (Å²) in [5.74, 6) is -0.376. The maximum atomic E-state index is 13.0. The van der Waals surface area contributed by atoms with Crippen molar-refractivity contribution in [3.05, 3.63) is 58.1 Å². The first-order chi connectivity index (χ1) is 12.6. The standard InChI is InChI=1S/C19H21N5O2.ClH/c1-12-6-9-24(15-4-7-20-8-5-15)19(26)17(12)18(25)22-14-2-3-16-13(10-14)11-21-23-16;/h2-3,6,9-11,15,20H,4-5,7-8H2,1H3,(H,21,23)(H,22,25);1H. The molecule has 3 heterocycles. The van der Waals surface area contributed by atoms with Crippen LogP contribution in [0.25, 0.3) is 10.9 Å². The molecule has 2 aromatic heterocycles. The molecule has 0 spiro atoms. The smallest absolute Gasteiger partial charge is 0.263 e. The summed E-state index contributed by atoms with van der Waals surface area (Å²) in [6.07, 6.45) is 5.28. The number of amides is 1. The van der Waals surface area contributed by atoms with Crippen LogP contribution in [0, 0.1) is 6.92 Å². The Morgan fingerprint density at radius 2 is 2.04 bits per heavy atom. The monoisotopic (exact) mass is 387 g/mol. The number of nitrogens with zero attached hydrogens (tertiary/aromatic N) is 2. The Hall–Kier alpha value is -2.64. The van der Waals surface area contributed by atoms with Gasteiger partial charge in [0.2, 0.25) is 0 Å². The number of benzene rings is 1. The number of carbonyl (C=O) groups excluding carboxylic acids is 1. The maximum Gasteiger partial charge on any atom is 0.263 e. The quantitative estimate of drug-likeness (QED) is 0.644. The second-order valence-electron chi connectivity index (χ2n) is 6.69. The van der Waals surface area contributed by atoms with E-state index in [1.54, 1.807) is 23.8 Å². The number of pyridine rings is 1. The largest absolute Gasteiger partial charge is 0.322 e. The van der Waals surface area contributed by atoms with Gasteiger partial charge in [0.1, 0.15) is 5.56 Å². The van der Waals surface area contributed by atoms with Gasteiger partial charge >= 0.3 is 0 Å². The number of aromatic amines is 1. The summed E-state index contributed by atoms with van der Waals surface area (Å²) < 4.78 is 1.71. The lowest BCUT2D eigenvalue weighted by Crippen LogP contribution is -2.37. The first-order valence-electron chi connectivity index (χ1n) is 8.80. The second-order valence-corrected chi connectivity index (χ2v) is 6.69. The molecule has 0 unspecified atom stereocenters. The third-order valence-corrected chi connectivity index (χ3v) is 4.96. The van der Waals surface area contributed by atoms with Gasteiger partial charge in [-0.15, -0.1) is 12.4 Å². The molecule has 1 aliphatic heterocycles. The van der Waals surface area contributed by atoms with Gasteiger partial charge in [0.05, 0.1) is 11.7 Å². The lowest BCUT2D eigenvalue weighted by molar-refractivity contribution is 0.102. The van der Waals surface area contributed by atoms with Crippen molar-refractivity contribution in [1.29, 1.82) is 0 Å². The number of nitrogens with one attached hydrogen (secondary N) is 3. The van der Waals surface area contributed by atoms with Crippen LogP contribution in [0.2, 0.25) is 0 Å². The first kappa shape index (κ1) is 19.1. The fourth-order valence-corrected chi connectivity index (χ4v) is 3.50. The molecule has 0 radical (unpaired) electrons. The van der Waals surface area contributed by atoms with Crippen LogP contribution in [0.4, 0.5) is 5.69 Å². The van der Waals surface area contributed by atoms with Crippen molar-refractivity contribution >= 4 is 34.9 Å². The summed E-state index contributed by atoms with van der Waals surface area (Å²) in [6.45, 7) is 3.57. The Kier molecular flexibility index (Phi) is 5.62. The third-order valence-electron chi connectivity index (χ3n) is 4.96. The van der Waals surface area contributed by atoms with Gasteiger partial charge in [-0.1, -0.05) is 0 Å². The molecule has 3 N–H and O–H groups in total. The molecule has 3 aromatic rings. The molecule has 1 fully saturated rings. The van der Waals surface area contributed by atoms with E-state index >= 15 is 0 Å². The molecule has 8 heteroatoms. The van der Waals surface area contributed by atoms with Crippen molar-refractivity contribution in [3.63, 3.8) is 0 Å². The fraction of sp³-hybridized carbons (Fsp3) is 0.316. The van der Waals surface area contributed by atoms with Gasteiger partial charge in [-0.25, -0.2) is 0 Å². The molecule has 0 atom stereocenters. The van der Waals surface area contributed by atoms with Gasteiger partial charge < -0.3 is 15.2 Å². The Bertz CT molecular complexity index is 1020. The molecule has 1 saturated heterocycles. The molecule has 4 rings (SSSR count). The number of anilines is 1. The molecular formula is C19H22ClN5O2. The van der Waals surface area contributed by atoms with Crippen LogP contribution in [-0.4, -0.2) is 33.8 Å². The Morgan fingerprint density at radius 3 is 2.81 bits per heavy atom. The average Bonchev–Trinajstić information content (AvgIpc) is 3.10. The number of H-pyrrole nitrogens is 1. The van der Waals surface area contributed by atoms with E-state index in [0.29, 0.717) is 11.3 Å². The fourth-order valence-electron chi connectivity index (χ4n) is 3.50. The highest BCUT2D eigenvalue weighted by Gasteiger charge is 2.21. The van der Waals surface area contributed by atoms with Crippen LogP contribution < -0.4 is 16.2 Å². The van der Waals surface area contributed by atoms with Crippen molar-refractivity contribution < 1.29 is 4.79 Å². The van der Waals surface area contributed by atoms with E-state index in [1.807, 2.05) is 24.4 Å². The lowest BCUT2D eigenvalue weighted by atomic mass is 10.0. The van der Waals surface area contributed by atoms with E-state index in [4.69, 9.17) is 0 Å². The third kappa shape index (κ3) is 3.74. The zero-order chi connectivity index (χ0) is 18.1. The zero-order valence-electron chi connectivity index (χ0n) is 15.0. The lowest BCUT2D eigenvalue weighted by Gasteiger charge is -2.25. The molecule has 142 valence electrons. The minimum Gasteiger partial charge on any atom is -0.322 e. The van der Waals surface area contributed by atoms with E-state index < -0.39 is 0 Å². The summed E-state index contributed by atoms with van der Waals surface area (Å²) in [4.78, 5) is 25.8. The molecule has 7 nitrogen and oxygen atoms in total. The van der Waals surface area contributed by atoms with Crippen LogP contribution in [-0.2, 0) is 0 Å². The Morgan fingerprint density at radius 1 is 1.26 bits per heavy atom. The number of halogens is 1. The van der Waals surface area contributed by atoms with Crippen molar-refractivity contribution in [3.8, 4) is 0 Å². The minimum atomic E-state index is -0.376. The number of aryl methyl sites for hydroxylation is 1. The van der Waals surface area contributed by atoms with Crippen molar-refractivity contribution in [2.75, 3.05) is 18.4 Å². The second kappa shape index (κ2) is 7.94. The number of hydrogen-bond donors (Lipinski definition) is 3. The minimum absolute atomic E-state index is 0. The molecule has 1 aromatic carbocycles. The summed E-state index contributed by atoms with van der Waals surface area (Å²) in [7, 11) is 0. The maximum absolute atomic E-state index is 13.0. The highest BCUT2D eigenvalue weighted by Crippen LogP contribution is 2.19. The Balaban J connectivity index is 0.00000210. The van der Waals surface area contributed by atoms with Gasteiger partial charge in [-0.2, -0.15) is 5.10 Å². The van der Waals surface area contributed by atoms with Gasteiger partial charge in [0, 0.05) is 23.3 Å². The number of hydrogen-bond acceptors (Lipinski definition) is 4. The summed E-state index contributed by atoms with van der Waals surface area (Å²) in [6, 6.07) is 7.46. The van der Waals surface area contributed by atoms with Gasteiger partial charge in [-0.3, -0.25) is 14.7 Å². The molecular weight excluding hydrogens is 366 g/mol. The molecule has 1 amide bonds. The average molecular weight is 388 g/mol. The van der Waals surface area contributed by atoms with E-state index in [0.717, 1.165) is 36.8 Å². The molecule has 0 aliphatic carbocycles. The van der Waals surface area contributed by atoms with E-state index in [2.05, 4.69) is 20.8 Å². The first-order valence-corrected chi connectivity index (χ1v) is 8.80. The van der Waals surface area contributed by atoms with Crippen LogP contribution in [0.3, 0.4) is 0 Å². The highest BCUT2D eigenvalue weighted by atomic mass is 35.5. The van der Waals surface area contributed by atoms with Crippen LogP contribution in [0.15, 0.2) is 41.5 Å². The van der Waals surface area contributed by atoms with E-state index in [9.17, 15) is 9.59 Å². The van der Waals surface area contributed by atoms with E-state index in [1.165, 1.54) is 0 Å². The van der Waals surface area contributed by atoms with Gasteiger partial charge in [0.25, 0.3) is 11.5 Å². The molecule has 1 aliphatic rings. The topological polar surface area (TPSA) is 91.8 Å². The van der Waals surface area contributed by atoms with Crippen LogP contribution in [0.5, 0.6) is 0 Å². The van der Waals surface area contributed by atoms with Crippen molar-refractivity contribution in [2.24, 2.45) is 0 Å².